The van der Waals surface area contributed by atoms with Crippen LogP contribution in [0, 0.1) is 18.8 Å². The Bertz CT molecular complexity index is 553. The van der Waals surface area contributed by atoms with Crippen molar-refractivity contribution in [2.24, 2.45) is 11.8 Å². The maximum absolute atomic E-state index is 12.3. The van der Waals surface area contributed by atoms with E-state index in [1.165, 1.54) is 0 Å². The van der Waals surface area contributed by atoms with Crippen molar-refractivity contribution in [3.8, 4) is 0 Å². The van der Waals surface area contributed by atoms with Gasteiger partial charge in [-0.15, -0.1) is 0 Å². The van der Waals surface area contributed by atoms with Crippen molar-refractivity contribution in [2.75, 3.05) is 13.1 Å². The fraction of sp³-hybridized carbons (Fsp3) is 0.769. The van der Waals surface area contributed by atoms with Crippen LogP contribution >= 0.6 is 0 Å². The van der Waals surface area contributed by atoms with Gasteiger partial charge in [-0.25, -0.2) is 13.1 Å². The molecule has 0 aliphatic heterocycles. The Morgan fingerprint density at radius 1 is 1.45 bits per heavy atom. The highest BCUT2D eigenvalue weighted by molar-refractivity contribution is 7.89. The summed E-state index contributed by atoms with van der Waals surface area (Å²) in [6.45, 7) is 7.95. The van der Waals surface area contributed by atoms with E-state index in [4.69, 9.17) is 0 Å². The average molecular weight is 300 g/mol. The van der Waals surface area contributed by atoms with E-state index in [9.17, 15) is 8.42 Å². The van der Waals surface area contributed by atoms with E-state index in [1.54, 1.807) is 0 Å². The van der Waals surface area contributed by atoms with Gasteiger partial charge in [-0.3, -0.25) is 5.10 Å². The lowest BCUT2D eigenvalue weighted by Gasteiger charge is -2.07. The zero-order valence-electron chi connectivity index (χ0n) is 12.4. The van der Waals surface area contributed by atoms with Gasteiger partial charge in [-0.1, -0.05) is 13.8 Å². The van der Waals surface area contributed by atoms with Gasteiger partial charge in [0.25, 0.3) is 10.0 Å². The van der Waals surface area contributed by atoms with Gasteiger partial charge in [-0.05, 0) is 38.1 Å². The van der Waals surface area contributed by atoms with Crippen LogP contribution in [0.3, 0.4) is 0 Å². The number of H-pyrrole nitrogens is 1. The molecule has 0 saturated heterocycles. The first-order valence-corrected chi connectivity index (χ1v) is 8.68. The Morgan fingerprint density at radius 2 is 2.15 bits per heavy atom. The first-order valence-electron chi connectivity index (χ1n) is 7.20. The summed E-state index contributed by atoms with van der Waals surface area (Å²) in [7, 11) is -3.52. The van der Waals surface area contributed by atoms with E-state index < -0.39 is 10.0 Å². The molecule has 1 aliphatic rings. The molecule has 1 aromatic heterocycles. The number of hydrogen-bond donors (Lipinski definition) is 3. The Kier molecular flexibility index (Phi) is 4.82. The number of rotatable bonds is 8. The molecule has 20 heavy (non-hydrogen) atoms. The van der Waals surface area contributed by atoms with Gasteiger partial charge in [0.2, 0.25) is 0 Å². The molecular formula is C13H24N4O2S. The van der Waals surface area contributed by atoms with E-state index in [0.717, 1.165) is 30.6 Å². The van der Waals surface area contributed by atoms with Gasteiger partial charge in [0.05, 0.1) is 0 Å². The van der Waals surface area contributed by atoms with Crippen LogP contribution in [0.25, 0.3) is 0 Å². The van der Waals surface area contributed by atoms with Crippen LogP contribution in [0.4, 0.5) is 0 Å². The molecule has 0 radical (unpaired) electrons. The van der Waals surface area contributed by atoms with Crippen molar-refractivity contribution in [3.05, 3.63) is 11.3 Å². The van der Waals surface area contributed by atoms with E-state index in [-0.39, 0.29) is 5.03 Å². The van der Waals surface area contributed by atoms with Crippen LogP contribution in [0.2, 0.25) is 0 Å². The molecule has 1 fully saturated rings. The number of aryl methyl sites for hydroxylation is 1. The molecule has 1 aromatic rings. The quantitative estimate of drug-likeness (QED) is 0.629. The molecule has 1 aliphatic carbocycles. The minimum atomic E-state index is -3.52. The summed E-state index contributed by atoms with van der Waals surface area (Å²) in [5.41, 5.74) is 1.53. The number of sulfonamides is 1. The van der Waals surface area contributed by atoms with Crippen LogP contribution < -0.4 is 10.0 Å². The minimum Gasteiger partial charge on any atom is -0.313 e. The largest absolute Gasteiger partial charge is 0.313 e. The highest BCUT2D eigenvalue weighted by Crippen LogP contribution is 2.37. The number of nitrogens with one attached hydrogen (secondary N) is 3. The Hall–Kier alpha value is -0.920. The summed E-state index contributed by atoms with van der Waals surface area (Å²) in [6, 6.07) is 0. The number of aromatic amines is 1. The smallest absolute Gasteiger partial charge is 0.260 e. The molecule has 0 spiro atoms. The van der Waals surface area contributed by atoms with E-state index in [2.05, 4.69) is 34.1 Å². The summed E-state index contributed by atoms with van der Waals surface area (Å²) >= 11 is 0. The van der Waals surface area contributed by atoms with Crippen molar-refractivity contribution in [1.29, 1.82) is 0 Å². The van der Waals surface area contributed by atoms with Gasteiger partial charge in [0, 0.05) is 24.3 Å². The second-order valence-corrected chi connectivity index (χ2v) is 7.32. The van der Waals surface area contributed by atoms with Crippen LogP contribution in [0.15, 0.2) is 5.03 Å². The normalized spacial score (nSPS) is 22.1. The van der Waals surface area contributed by atoms with Crippen molar-refractivity contribution in [1.82, 2.24) is 20.2 Å². The Morgan fingerprint density at radius 3 is 2.75 bits per heavy atom. The molecule has 0 amide bonds. The lowest BCUT2D eigenvalue weighted by atomic mass is 10.2. The molecule has 6 nitrogen and oxygen atoms in total. The predicted octanol–water partition coefficient (Wildman–Crippen LogP) is 1.15. The van der Waals surface area contributed by atoms with Gasteiger partial charge in [0.15, 0.2) is 5.03 Å². The molecule has 0 bridgehead atoms. The zero-order valence-corrected chi connectivity index (χ0v) is 13.2. The van der Waals surface area contributed by atoms with Crippen molar-refractivity contribution < 1.29 is 8.42 Å². The molecule has 114 valence electrons. The van der Waals surface area contributed by atoms with Gasteiger partial charge >= 0.3 is 0 Å². The topological polar surface area (TPSA) is 86.9 Å². The molecule has 3 N–H and O–H groups in total. The fourth-order valence-corrected chi connectivity index (χ4v) is 3.50. The maximum atomic E-state index is 12.3. The van der Waals surface area contributed by atoms with Crippen LogP contribution in [-0.2, 0) is 16.6 Å². The molecule has 2 rings (SSSR count). The zero-order chi connectivity index (χ0) is 14.8. The van der Waals surface area contributed by atoms with Crippen LogP contribution in [0.1, 0.15) is 37.9 Å². The average Bonchev–Trinajstić information content (AvgIpc) is 2.97. The summed E-state index contributed by atoms with van der Waals surface area (Å²) < 4.78 is 27.3. The minimum absolute atomic E-state index is 0.131. The summed E-state index contributed by atoms with van der Waals surface area (Å²) in [5.74, 6) is 1.11. The first kappa shape index (κ1) is 15.5. The second-order valence-electron chi connectivity index (χ2n) is 5.63. The second kappa shape index (κ2) is 6.24. The third-order valence-electron chi connectivity index (χ3n) is 3.83. The molecular weight excluding hydrogens is 276 g/mol. The standard InChI is InChI=1S/C13H24N4O2S/c1-4-5-14-8-12-10(3)16-17-13(12)20(18,19)15-7-11-6-9(11)2/h9,11,14-15H,4-8H2,1-3H3,(H,16,17). The molecule has 0 aromatic carbocycles. The van der Waals surface area contributed by atoms with Crippen LogP contribution in [-0.4, -0.2) is 31.7 Å². The highest BCUT2D eigenvalue weighted by atomic mass is 32.2. The molecule has 2 unspecified atom stereocenters. The lowest BCUT2D eigenvalue weighted by Crippen LogP contribution is -2.28. The first-order chi connectivity index (χ1) is 9.45. The van der Waals surface area contributed by atoms with Gasteiger partial charge < -0.3 is 5.32 Å². The maximum Gasteiger partial charge on any atom is 0.260 e. The lowest BCUT2D eigenvalue weighted by molar-refractivity contribution is 0.567. The summed E-state index contributed by atoms with van der Waals surface area (Å²) in [5, 5.41) is 10.1. The summed E-state index contributed by atoms with van der Waals surface area (Å²) in [6.07, 6.45) is 2.11. The highest BCUT2D eigenvalue weighted by Gasteiger charge is 2.34. The number of nitrogens with zero attached hydrogens (tertiary/aromatic N) is 1. The molecule has 1 heterocycles. The van der Waals surface area contributed by atoms with Crippen molar-refractivity contribution in [2.45, 2.75) is 45.2 Å². The fourth-order valence-electron chi connectivity index (χ4n) is 2.22. The Balaban J connectivity index is 2.05. The third-order valence-corrected chi connectivity index (χ3v) is 5.22. The monoisotopic (exact) mass is 300 g/mol. The number of aromatic nitrogens is 2. The van der Waals surface area contributed by atoms with Crippen LogP contribution in [0.5, 0.6) is 0 Å². The molecule has 1 saturated carbocycles. The summed E-state index contributed by atoms with van der Waals surface area (Å²) in [4.78, 5) is 0. The Labute approximate surface area is 120 Å². The number of hydrogen-bond acceptors (Lipinski definition) is 4. The van der Waals surface area contributed by atoms with E-state index in [0.29, 0.717) is 24.9 Å². The van der Waals surface area contributed by atoms with Gasteiger partial charge in [0.1, 0.15) is 0 Å². The molecule has 7 heteroatoms. The van der Waals surface area contributed by atoms with E-state index in [1.807, 2.05) is 6.92 Å². The van der Waals surface area contributed by atoms with Gasteiger partial charge in [-0.2, -0.15) is 5.10 Å². The van der Waals surface area contributed by atoms with Crippen molar-refractivity contribution >= 4 is 10.0 Å². The van der Waals surface area contributed by atoms with E-state index >= 15 is 0 Å². The van der Waals surface area contributed by atoms with Crippen molar-refractivity contribution in [3.63, 3.8) is 0 Å². The third kappa shape index (κ3) is 3.59. The SMILES string of the molecule is CCCNCc1c(S(=O)(=O)NCC2CC2C)n[nH]c1C. The predicted molar refractivity (Wildman–Crippen MR) is 77.8 cm³/mol. The molecule has 2 atom stereocenters.